The maximum atomic E-state index is 6.08. The maximum Gasteiger partial charge on any atom is 0.143 e. The van der Waals surface area contributed by atoms with E-state index >= 15 is 0 Å². The van der Waals surface area contributed by atoms with Crippen molar-refractivity contribution in [3.05, 3.63) is 31.1 Å². The van der Waals surface area contributed by atoms with E-state index in [9.17, 15) is 0 Å². The van der Waals surface area contributed by atoms with Crippen LogP contribution in [0.3, 0.4) is 0 Å². The average Bonchev–Trinajstić information content (AvgIpc) is 3.10. The molecule has 22 heavy (non-hydrogen) atoms. The minimum Gasteiger partial charge on any atom is -0.381 e. The lowest BCUT2D eigenvalue weighted by Crippen LogP contribution is -2.54. The smallest absolute Gasteiger partial charge is 0.143 e. The van der Waals surface area contributed by atoms with Gasteiger partial charge in [0.15, 0.2) is 0 Å². The second-order valence-electron chi connectivity index (χ2n) is 5.77. The van der Waals surface area contributed by atoms with Crippen LogP contribution in [-0.2, 0) is 9.47 Å². The van der Waals surface area contributed by atoms with E-state index in [-0.39, 0.29) is 5.60 Å². The Labute approximate surface area is 128 Å². The van der Waals surface area contributed by atoms with Crippen molar-refractivity contribution in [2.45, 2.75) is 18.4 Å². The van der Waals surface area contributed by atoms with Gasteiger partial charge in [-0.15, -0.1) is 0 Å². The van der Waals surface area contributed by atoms with E-state index in [1.165, 1.54) is 0 Å². The van der Waals surface area contributed by atoms with Crippen molar-refractivity contribution >= 4 is 5.82 Å². The molecule has 0 bridgehead atoms. The Morgan fingerprint density at radius 3 is 2.77 bits per heavy atom. The molecule has 2 aliphatic rings. The van der Waals surface area contributed by atoms with Gasteiger partial charge in [0.25, 0.3) is 0 Å². The molecule has 0 amide bonds. The molecule has 2 fully saturated rings. The normalized spacial score (nSPS) is 21.2. The number of rotatable bonds is 2. The van der Waals surface area contributed by atoms with Crippen LogP contribution in [0.15, 0.2) is 31.1 Å². The number of morpholine rings is 1. The zero-order valence-corrected chi connectivity index (χ0v) is 12.4. The van der Waals surface area contributed by atoms with Crippen LogP contribution in [0.25, 0.3) is 5.82 Å². The van der Waals surface area contributed by atoms with Crippen molar-refractivity contribution in [2.24, 2.45) is 0 Å². The zero-order valence-electron chi connectivity index (χ0n) is 12.4. The van der Waals surface area contributed by atoms with Crippen LogP contribution in [0.1, 0.15) is 12.8 Å². The number of hydrogen-bond donors (Lipinski definition) is 0. The quantitative estimate of drug-likeness (QED) is 0.826. The highest BCUT2D eigenvalue weighted by Crippen LogP contribution is 2.31. The van der Waals surface area contributed by atoms with Crippen LogP contribution in [0, 0.1) is 0 Å². The van der Waals surface area contributed by atoms with Crippen LogP contribution in [0.5, 0.6) is 0 Å². The third kappa shape index (κ3) is 2.57. The molecule has 0 atom stereocenters. The fourth-order valence-corrected chi connectivity index (χ4v) is 3.13. The van der Waals surface area contributed by atoms with Crippen molar-refractivity contribution < 1.29 is 9.47 Å². The third-order valence-corrected chi connectivity index (χ3v) is 4.38. The maximum absolute atomic E-state index is 6.08. The van der Waals surface area contributed by atoms with Gasteiger partial charge in [-0.25, -0.2) is 15.0 Å². The number of ether oxygens (including phenoxy) is 2. The highest BCUT2D eigenvalue weighted by Gasteiger charge is 2.38. The molecule has 0 unspecified atom stereocenters. The van der Waals surface area contributed by atoms with E-state index in [1.807, 2.05) is 16.8 Å². The Morgan fingerprint density at radius 1 is 1.09 bits per heavy atom. The summed E-state index contributed by atoms with van der Waals surface area (Å²) in [6, 6.07) is 2.00. The average molecular weight is 301 g/mol. The van der Waals surface area contributed by atoms with Gasteiger partial charge < -0.3 is 14.4 Å². The molecular weight excluding hydrogens is 282 g/mol. The van der Waals surface area contributed by atoms with E-state index in [4.69, 9.17) is 9.47 Å². The Kier molecular flexibility index (Phi) is 3.51. The summed E-state index contributed by atoms with van der Waals surface area (Å²) in [6.07, 6.45) is 8.87. The first-order valence-electron chi connectivity index (χ1n) is 7.62. The van der Waals surface area contributed by atoms with Crippen LogP contribution in [-0.4, -0.2) is 58.0 Å². The standard InChI is InChI=1S/C15H19N5O2/c1-6-21-7-2-15(1)10-19(5-8-22-15)13-9-14(18-11-17-13)20-4-3-16-12-20/h3-4,9,11-12H,1-2,5-8,10H2. The fourth-order valence-electron chi connectivity index (χ4n) is 3.13. The minimum absolute atomic E-state index is 0.0867. The predicted molar refractivity (Wildman–Crippen MR) is 80.1 cm³/mol. The number of aromatic nitrogens is 4. The molecule has 2 saturated heterocycles. The number of hydrogen-bond acceptors (Lipinski definition) is 6. The first-order valence-corrected chi connectivity index (χ1v) is 7.62. The second-order valence-corrected chi connectivity index (χ2v) is 5.77. The second kappa shape index (κ2) is 5.66. The highest BCUT2D eigenvalue weighted by atomic mass is 16.5. The van der Waals surface area contributed by atoms with Gasteiger partial charge in [0.2, 0.25) is 0 Å². The van der Waals surface area contributed by atoms with Crippen molar-refractivity contribution in [3.8, 4) is 5.82 Å². The number of nitrogens with zero attached hydrogens (tertiary/aromatic N) is 5. The molecule has 2 aromatic rings. The van der Waals surface area contributed by atoms with Gasteiger partial charge in [-0.3, -0.25) is 4.57 Å². The topological polar surface area (TPSA) is 65.3 Å². The van der Waals surface area contributed by atoms with E-state index in [0.29, 0.717) is 0 Å². The summed E-state index contributed by atoms with van der Waals surface area (Å²) in [7, 11) is 0. The van der Waals surface area contributed by atoms with Gasteiger partial charge in [0, 0.05) is 57.6 Å². The molecule has 2 aromatic heterocycles. The van der Waals surface area contributed by atoms with Crippen molar-refractivity contribution in [3.63, 3.8) is 0 Å². The van der Waals surface area contributed by atoms with E-state index in [1.54, 1.807) is 18.9 Å². The lowest BCUT2D eigenvalue weighted by Gasteiger charge is -2.45. The van der Waals surface area contributed by atoms with E-state index in [2.05, 4.69) is 19.9 Å². The summed E-state index contributed by atoms with van der Waals surface area (Å²) in [5, 5.41) is 0. The molecular formula is C15H19N5O2. The number of imidazole rings is 1. The zero-order chi connectivity index (χ0) is 14.8. The van der Waals surface area contributed by atoms with Gasteiger partial charge >= 0.3 is 0 Å². The molecule has 4 heterocycles. The van der Waals surface area contributed by atoms with Gasteiger partial charge in [0.1, 0.15) is 24.3 Å². The Balaban J connectivity index is 1.57. The molecule has 0 radical (unpaired) electrons. The van der Waals surface area contributed by atoms with Crippen molar-refractivity contribution in [1.82, 2.24) is 19.5 Å². The Morgan fingerprint density at radius 2 is 1.95 bits per heavy atom. The van der Waals surface area contributed by atoms with E-state index in [0.717, 1.165) is 57.4 Å². The molecule has 0 aromatic carbocycles. The monoisotopic (exact) mass is 301 g/mol. The van der Waals surface area contributed by atoms with Crippen LogP contribution < -0.4 is 4.90 Å². The summed E-state index contributed by atoms with van der Waals surface area (Å²) in [6.45, 7) is 3.99. The molecule has 7 heteroatoms. The fraction of sp³-hybridized carbons (Fsp3) is 0.533. The summed E-state index contributed by atoms with van der Waals surface area (Å²) in [5.41, 5.74) is -0.0867. The van der Waals surface area contributed by atoms with Crippen molar-refractivity contribution in [1.29, 1.82) is 0 Å². The van der Waals surface area contributed by atoms with Crippen molar-refractivity contribution in [2.75, 3.05) is 37.8 Å². The predicted octanol–water partition coefficient (Wildman–Crippen LogP) is 1.05. The minimum atomic E-state index is -0.0867. The molecule has 116 valence electrons. The highest BCUT2D eigenvalue weighted by molar-refractivity contribution is 5.44. The lowest BCUT2D eigenvalue weighted by atomic mass is 9.92. The van der Waals surface area contributed by atoms with Crippen LogP contribution in [0.4, 0.5) is 5.82 Å². The summed E-state index contributed by atoms with van der Waals surface area (Å²) < 4.78 is 13.4. The van der Waals surface area contributed by atoms with Gasteiger partial charge in [0.05, 0.1) is 12.2 Å². The molecule has 0 aliphatic carbocycles. The third-order valence-electron chi connectivity index (χ3n) is 4.38. The largest absolute Gasteiger partial charge is 0.381 e. The Bertz CT molecular complexity index is 619. The van der Waals surface area contributed by atoms with Crippen LogP contribution in [0.2, 0.25) is 0 Å². The molecule has 2 aliphatic heterocycles. The van der Waals surface area contributed by atoms with Gasteiger partial charge in [-0.05, 0) is 0 Å². The molecule has 0 saturated carbocycles. The lowest BCUT2D eigenvalue weighted by molar-refractivity contribution is -0.116. The number of anilines is 1. The SMILES string of the molecule is c1cn(-c2cc(N3CCOC4(CCOCC4)C3)ncn2)cn1. The Hall–Kier alpha value is -1.99. The van der Waals surface area contributed by atoms with Gasteiger partial charge in [-0.1, -0.05) is 0 Å². The van der Waals surface area contributed by atoms with Gasteiger partial charge in [-0.2, -0.15) is 0 Å². The first-order chi connectivity index (χ1) is 10.8. The summed E-state index contributed by atoms with van der Waals surface area (Å²) in [5.74, 6) is 1.77. The molecule has 0 N–H and O–H groups in total. The summed E-state index contributed by atoms with van der Waals surface area (Å²) in [4.78, 5) is 15.1. The molecule has 4 rings (SSSR count). The van der Waals surface area contributed by atoms with Crippen LogP contribution >= 0.6 is 0 Å². The van der Waals surface area contributed by atoms with E-state index < -0.39 is 0 Å². The first kappa shape index (κ1) is 13.7. The molecule has 1 spiro atoms. The summed E-state index contributed by atoms with van der Waals surface area (Å²) >= 11 is 0. The molecule has 7 nitrogen and oxygen atoms in total.